The van der Waals surface area contributed by atoms with Crippen LogP contribution in [0.25, 0.3) is 0 Å². The molecule has 0 aromatic carbocycles. The van der Waals surface area contributed by atoms with E-state index in [9.17, 15) is 0 Å². The van der Waals surface area contributed by atoms with Gasteiger partial charge >= 0.3 is 120 Å². The van der Waals surface area contributed by atoms with E-state index in [2.05, 4.69) is 6.92 Å². The summed E-state index contributed by atoms with van der Waals surface area (Å²) in [5.41, 5.74) is 0. The van der Waals surface area contributed by atoms with Crippen molar-refractivity contribution in [2.75, 3.05) is 13.2 Å². The van der Waals surface area contributed by atoms with Crippen LogP contribution in [-0.4, -0.2) is 57.7 Å². The first-order valence-electron chi connectivity index (χ1n) is 6.22. The molecule has 0 saturated carbocycles. The van der Waals surface area contributed by atoms with E-state index in [1.54, 1.807) is 0 Å². The number of unbranched alkanes of at least 4 members (excludes halogenated alkanes) is 5. The van der Waals surface area contributed by atoms with Gasteiger partial charge in [-0.2, -0.15) is 0 Å². The van der Waals surface area contributed by atoms with Crippen LogP contribution in [0.2, 0.25) is 4.44 Å². The Morgan fingerprint density at radius 3 is 2.40 bits per heavy atom. The van der Waals surface area contributed by atoms with Crippen molar-refractivity contribution in [1.29, 1.82) is 0 Å². The average molecular weight is 428 g/mol. The predicted octanol–water partition coefficient (Wildman–Crippen LogP) is 2.09. The van der Waals surface area contributed by atoms with Gasteiger partial charge in [-0.05, 0) is 0 Å². The topological polar surface area (TPSA) is 18.5 Å². The second-order valence-corrected chi connectivity index (χ2v) is 8.57. The fourth-order valence-electron chi connectivity index (χ4n) is 1.40. The molecular formula is C11H26O2Sn2. The van der Waals surface area contributed by atoms with E-state index in [0.29, 0.717) is 22.9 Å². The van der Waals surface area contributed by atoms with Gasteiger partial charge in [-0.25, -0.2) is 0 Å². The molecule has 0 rings (SSSR count). The Hall–Kier alpha value is 1.52. The van der Waals surface area contributed by atoms with E-state index in [0.717, 1.165) is 13.2 Å². The summed E-state index contributed by atoms with van der Waals surface area (Å²) in [6, 6.07) is 0. The molecule has 2 radical (unpaired) electrons. The van der Waals surface area contributed by atoms with Crippen LogP contribution in [0, 0.1) is 0 Å². The van der Waals surface area contributed by atoms with Crippen molar-refractivity contribution in [3.05, 3.63) is 0 Å². The molecule has 4 heteroatoms. The van der Waals surface area contributed by atoms with E-state index in [1.165, 1.54) is 49.4 Å². The molecule has 90 valence electrons. The maximum absolute atomic E-state index is 5.74. The Bertz CT molecular complexity index is 101. The molecule has 2 nitrogen and oxygen atoms in total. The predicted molar refractivity (Wildman–Crippen MR) is 70.4 cm³/mol. The monoisotopic (exact) mass is 430 g/mol. The summed E-state index contributed by atoms with van der Waals surface area (Å²) >= 11 is 0.0623. The number of rotatable bonds is 12. The summed E-state index contributed by atoms with van der Waals surface area (Å²) in [5, 5.41) is 0. The Morgan fingerprint density at radius 2 is 1.67 bits per heavy atom. The standard InChI is InChI=1S/C8H17O.C3H6O.2Sn.3H/c1-2-3-4-5-6-7-8-9;1-2-3-4;;;;;/h2-8H2,1H3;1-3H2;;;;;/q2*-1;2*+1;;;. The van der Waals surface area contributed by atoms with Gasteiger partial charge in [0.05, 0.1) is 0 Å². The van der Waals surface area contributed by atoms with Crippen LogP contribution < -0.4 is 0 Å². The molecule has 15 heavy (non-hydrogen) atoms. The Labute approximate surface area is 119 Å². The summed E-state index contributed by atoms with van der Waals surface area (Å²) in [6.07, 6.45) is 9.46. The van der Waals surface area contributed by atoms with Crippen LogP contribution in [0.4, 0.5) is 0 Å². The summed E-state index contributed by atoms with van der Waals surface area (Å²) in [7, 11) is 0. The van der Waals surface area contributed by atoms with Gasteiger partial charge in [0, 0.05) is 0 Å². The van der Waals surface area contributed by atoms with Crippen molar-refractivity contribution in [3.63, 3.8) is 0 Å². The van der Waals surface area contributed by atoms with Gasteiger partial charge in [-0.3, -0.25) is 0 Å². The maximum atomic E-state index is 5.74. The second-order valence-electron chi connectivity index (χ2n) is 3.86. The fourth-order valence-corrected chi connectivity index (χ4v) is 4.36. The molecule has 0 N–H and O–H groups in total. The molecule has 0 aliphatic rings. The first-order valence-corrected chi connectivity index (χ1v) is 11.5. The van der Waals surface area contributed by atoms with Crippen molar-refractivity contribution >= 4 is 44.5 Å². The van der Waals surface area contributed by atoms with Crippen molar-refractivity contribution in [3.8, 4) is 0 Å². The average Bonchev–Trinajstić information content (AvgIpc) is 2.26. The Morgan fingerprint density at radius 1 is 0.933 bits per heavy atom. The van der Waals surface area contributed by atoms with Gasteiger partial charge in [0.15, 0.2) is 0 Å². The molecule has 0 atom stereocenters. The minimum absolute atomic E-state index is 0.631. The third kappa shape index (κ3) is 15.5. The van der Waals surface area contributed by atoms with Crippen LogP contribution in [0.15, 0.2) is 0 Å². The van der Waals surface area contributed by atoms with Crippen LogP contribution in [-0.2, 0) is 6.15 Å². The van der Waals surface area contributed by atoms with Crippen molar-refractivity contribution in [1.82, 2.24) is 0 Å². The minimum atomic E-state index is -0.631. The molecular weight excluding hydrogens is 402 g/mol. The first kappa shape index (κ1) is 16.5. The van der Waals surface area contributed by atoms with Gasteiger partial charge in [0.2, 0.25) is 0 Å². The van der Waals surface area contributed by atoms with Gasteiger partial charge in [-0.1, -0.05) is 0 Å². The Kier molecular flexibility index (Phi) is 17.1. The summed E-state index contributed by atoms with van der Waals surface area (Å²) in [5.74, 6) is 0. The fraction of sp³-hybridized carbons (Fsp3) is 1.00. The zero-order valence-electron chi connectivity index (χ0n) is 10.2. The third-order valence-corrected chi connectivity index (χ3v) is 6.35. The van der Waals surface area contributed by atoms with Crippen LogP contribution >= 0.6 is 0 Å². The Balaban J connectivity index is 2.81. The van der Waals surface area contributed by atoms with Crippen molar-refractivity contribution in [2.24, 2.45) is 0 Å². The van der Waals surface area contributed by atoms with Gasteiger partial charge in [-0.15, -0.1) is 0 Å². The molecule has 0 amide bonds. The van der Waals surface area contributed by atoms with E-state index in [4.69, 9.17) is 6.15 Å². The van der Waals surface area contributed by atoms with Gasteiger partial charge in [0.25, 0.3) is 0 Å². The molecule has 0 heterocycles. The quantitative estimate of drug-likeness (QED) is 0.351. The molecule has 0 saturated heterocycles. The molecule has 0 aliphatic heterocycles. The summed E-state index contributed by atoms with van der Waals surface area (Å²) < 4.78 is 12.3. The van der Waals surface area contributed by atoms with E-state index < -0.39 is 21.6 Å². The first-order chi connectivity index (χ1) is 7.41. The molecule has 0 aromatic rings. The van der Waals surface area contributed by atoms with E-state index in [-0.39, 0.29) is 0 Å². The van der Waals surface area contributed by atoms with Gasteiger partial charge < -0.3 is 0 Å². The van der Waals surface area contributed by atoms with Crippen molar-refractivity contribution in [2.45, 2.75) is 56.3 Å². The molecule has 0 bridgehead atoms. The molecule has 0 aliphatic carbocycles. The molecule has 0 spiro atoms. The number of hydrogen-bond acceptors (Lipinski definition) is 2. The number of hydrogen-bond donors (Lipinski definition) is 0. The van der Waals surface area contributed by atoms with Crippen molar-refractivity contribution < 1.29 is 6.15 Å². The zero-order chi connectivity index (χ0) is 11.2. The van der Waals surface area contributed by atoms with E-state index in [1.807, 2.05) is 0 Å². The van der Waals surface area contributed by atoms with E-state index >= 15 is 0 Å². The SMILES string of the molecule is CCCCCCCC[O][SnH][CH2]CC[O][SnH2]. The molecule has 0 unspecified atom stereocenters. The third-order valence-electron chi connectivity index (χ3n) is 2.34. The van der Waals surface area contributed by atoms with Gasteiger partial charge in [0.1, 0.15) is 0 Å². The van der Waals surface area contributed by atoms with Crippen LogP contribution in [0.5, 0.6) is 0 Å². The normalized spacial score (nSPS) is 10.8. The summed E-state index contributed by atoms with van der Waals surface area (Å²) in [4.78, 5) is 0. The second kappa shape index (κ2) is 15.5. The molecule has 0 aromatic heterocycles. The van der Waals surface area contributed by atoms with Crippen LogP contribution in [0.3, 0.4) is 0 Å². The molecule has 0 fully saturated rings. The zero-order valence-corrected chi connectivity index (χ0v) is 17.5. The summed E-state index contributed by atoms with van der Waals surface area (Å²) in [6.45, 7) is 4.29. The van der Waals surface area contributed by atoms with Crippen LogP contribution in [0.1, 0.15) is 51.9 Å².